The van der Waals surface area contributed by atoms with Crippen molar-refractivity contribution in [1.29, 1.82) is 0 Å². The molecular weight excluding hydrogens is 344 g/mol. The van der Waals surface area contributed by atoms with E-state index in [1.165, 1.54) is 0 Å². The normalized spacial score (nSPS) is 21.4. The van der Waals surface area contributed by atoms with Gasteiger partial charge in [-0.3, -0.25) is 4.79 Å². The van der Waals surface area contributed by atoms with Gasteiger partial charge in [0, 0.05) is 17.4 Å². The Balaban J connectivity index is 2.22. The molecule has 3 rings (SSSR count). The van der Waals surface area contributed by atoms with Crippen LogP contribution in [-0.2, 0) is 0 Å². The van der Waals surface area contributed by atoms with Gasteiger partial charge in [0.15, 0.2) is 28.8 Å². The second-order valence-electron chi connectivity index (χ2n) is 6.90. The summed E-state index contributed by atoms with van der Waals surface area (Å²) < 4.78 is 21.7. The maximum absolute atomic E-state index is 13.0. The van der Waals surface area contributed by atoms with Gasteiger partial charge < -0.3 is 18.9 Å². The first-order valence-electron chi connectivity index (χ1n) is 8.98. The topological polar surface area (TPSA) is 54.0 Å². The lowest BCUT2D eigenvalue weighted by Crippen LogP contribution is -2.32. The molecule has 0 amide bonds. The van der Waals surface area contributed by atoms with Crippen molar-refractivity contribution in [3.63, 3.8) is 0 Å². The predicted molar refractivity (Wildman–Crippen MR) is 104 cm³/mol. The third-order valence-corrected chi connectivity index (χ3v) is 5.65. The van der Waals surface area contributed by atoms with E-state index in [0.29, 0.717) is 28.6 Å². The fourth-order valence-corrected chi connectivity index (χ4v) is 3.95. The van der Waals surface area contributed by atoms with Crippen molar-refractivity contribution in [1.82, 2.24) is 0 Å². The largest absolute Gasteiger partial charge is 0.493 e. The molecule has 0 saturated carbocycles. The Bertz CT molecular complexity index is 858. The molecule has 0 unspecified atom stereocenters. The van der Waals surface area contributed by atoms with E-state index in [-0.39, 0.29) is 23.5 Å². The van der Waals surface area contributed by atoms with E-state index < -0.39 is 0 Å². The summed E-state index contributed by atoms with van der Waals surface area (Å²) in [5, 5.41) is 0. The second kappa shape index (κ2) is 7.51. The molecule has 2 aromatic rings. The lowest BCUT2D eigenvalue weighted by Gasteiger charge is -2.36. The smallest absolute Gasteiger partial charge is 0.166 e. The fraction of sp³-hybridized carbons (Fsp3) is 0.409. The molecule has 0 spiro atoms. The van der Waals surface area contributed by atoms with Crippen LogP contribution >= 0.6 is 0 Å². The quantitative estimate of drug-likeness (QED) is 0.784. The average molecular weight is 370 g/mol. The van der Waals surface area contributed by atoms with E-state index >= 15 is 0 Å². The second-order valence-corrected chi connectivity index (χ2v) is 6.90. The van der Waals surface area contributed by atoms with Gasteiger partial charge in [-0.2, -0.15) is 0 Å². The van der Waals surface area contributed by atoms with Crippen molar-refractivity contribution in [2.24, 2.45) is 11.8 Å². The van der Waals surface area contributed by atoms with Crippen LogP contribution < -0.4 is 18.9 Å². The molecule has 5 heteroatoms. The van der Waals surface area contributed by atoms with Crippen LogP contribution in [0.1, 0.15) is 41.3 Å². The van der Waals surface area contributed by atoms with Gasteiger partial charge in [-0.05, 0) is 41.3 Å². The Morgan fingerprint density at radius 3 is 1.89 bits per heavy atom. The first kappa shape index (κ1) is 19.1. The summed E-state index contributed by atoms with van der Waals surface area (Å²) in [6.07, 6.45) is 0. The third-order valence-electron chi connectivity index (χ3n) is 5.65. The van der Waals surface area contributed by atoms with E-state index in [4.69, 9.17) is 18.9 Å². The Morgan fingerprint density at radius 2 is 1.30 bits per heavy atom. The number of hydrogen-bond donors (Lipinski definition) is 0. The fourth-order valence-electron chi connectivity index (χ4n) is 3.95. The number of rotatable bonds is 5. The van der Waals surface area contributed by atoms with Gasteiger partial charge in [0.25, 0.3) is 0 Å². The number of carbonyl (C=O) groups excluding carboxylic acids is 1. The van der Waals surface area contributed by atoms with Crippen LogP contribution in [0.4, 0.5) is 0 Å². The van der Waals surface area contributed by atoms with Crippen LogP contribution in [-0.4, -0.2) is 34.2 Å². The number of benzene rings is 2. The van der Waals surface area contributed by atoms with Crippen LogP contribution in [0, 0.1) is 11.8 Å². The van der Waals surface area contributed by atoms with Gasteiger partial charge in [0.2, 0.25) is 0 Å². The molecule has 144 valence electrons. The van der Waals surface area contributed by atoms with E-state index in [2.05, 4.69) is 6.92 Å². The summed E-state index contributed by atoms with van der Waals surface area (Å²) in [4.78, 5) is 13.0. The highest BCUT2D eigenvalue weighted by Crippen LogP contribution is 2.47. The molecule has 0 aromatic heterocycles. The number of carbonyl (C=O) groups is 1. The van der Waals surface area contributed by atoms with Gasteiger partial charge >= 0.3 is 0 Å². The minimum absolute atomic E-state index is 0.0345. The third kappa shape index (κ3) is 3.11. The number of Topliss-reactive ketones (excluding diaryl/α,β-unsaturated/α-hetero) is 1. The molecule has 0 bridgehead atoms. The monoisotopic (exact) mass is 370 g/mol. The number of hydrogen-bond acceptors (Lipinski definition) is 5. The lowest BCUT2D eigenvalue weighted by molar-refractivity contribution is 0.0865. The van der Waals surface area contributed by atoms with Crippen molar-refractivity contribution in [3.8, 4) is 23.0 Å². The molecule has 0 radical (unpaired) electrons. The van der Waals surface area contributed by atoms with Gasteiger partial charge in [-0.15, -0.1) is 0 Å². The minimum atomic E-state index is -0.103. The van der Waals surface area contributed by atoms with Crippen LogP contribution in [0.3, 0.4) is 0 Å². The Kier molecular flexibility index (Phi) is 5.31. The number of ketones is 1. The van der Waals surface area contributed by atoms with Gasteiger partial charge in [-0.25, -0.2) is 0 Å². The maximum atomic E-state index is 13.0. The van der Waals surface area contributed by atoms with Crippen molar-refractivity contribution in [2.75, 3.05) is 28.4 Å². The highest BCUT2D eigenvalue weighted by atomic mass is 16.5. The van der Waals surface area contributed by atoms with Crippen LogP contribution in [0.2, 0.25) is 0 Å². The molecule has 0 aliphatic heterocycles. The molecule has 0 saturated heterocycles. The molecule has 27 heavy (non-hydrogen) atoms. The Morgan fingerprint density at radius 1 is 0.741 bits per heavy atom. The summed E-state index contributed by atoms with van der Waals surface area (Å²) >= 11 is 0. The van der Waals surface area contributed by atoms with Crippen LogP contribution in [0.5, 0.6) is 23.0 Å². The molecule has 1 aliphatic carbocycles. The predicted octanol–water partition coefficient (Wildman–Crippen LogP) is 4.32. The lowest BCUT2D eigenvalue weighted by atomic mass is 9.67. The number of fused-ring (bicyclic) bond motifs is 1. The Hall–Kier alpha value is -2.69. The van der Waals surface area contributed by atoms with E-state index in [9.17, 15) is 4.79 Å². The highest BCUT2D eigenvalue weighted by molar-refractivity contribution is 6.01. The van der Waals surface area contributed by atoms with Crippen molar-refractivity contribution in [2.45, 2.75) is 19.8 Å². The molecule has 2 aromatic carbocycles. The SMILES string of the molecule is COc1ccc([C@@H]2c3cc(OC)c(OC)cc3C(=O)[C@@H](C)[C@H]2C)cc1OC. The van der Waals surface area contributed by atoms with Crippen molar-refractivity contribution in [3.05, 3.63) is 47.0 Å². The summed E-state index contributed by atoms with van der Waals surface area (Å²) in [6, 6.07) is 9.65. The molecule has 1 aliphatic rings. The molecule has 0 fully saturated rings. The van der Waals surface area contributed by atoms with E-state index in [0.717, 1.165) is 11.1 Å². The van der Waals surface area contributed by atoms with Gasteiger partial charge in [-0.1, -0.05) is 19.9 Å². The first-order valence-corrected chi connectivity index (χ1v) is 8.98. The molecule has 5 nitrogen and oxygen atoms in total. The molecule has 0 N–H and O–H groups in total. The first-order chi connectivity index (χ1) is 13.0. The standard InChI is InChI=1S/C22H26O5/c1-12-13(2)22(23)16-11-20(27-6)19(26-5)10-15(16)21(12)14-7-8-17(24-3)18(9-14)25-4/h7-13,21H,1-6H3/t12-,13+,21-/m1/s1. The average Bonchev–Trinajstić information content (AvgIpc) is 2.71. The van der Waals surface area contributed by atoms with Gasteiger partial charge in [0.1, 0.15) is 0 Å². The summed E-state index contributed by atoms with van der Waals surface area (Å²) in [5.41, 5.74) is 2.72. The summed E-state index contributed by atoms with van der Waals surface area (Å²) in [7, 11) is 6.43. The van der Waals surface area contributed by atoms with E-state index in [1.807, 2.05) is 31.2 Å². The zero-order valence-electron chi connectivity index (χ0n) is 16.7. The zero-order chi connectivity index (χ0) is 19.7. The molecule has 0 heterocycles. The molecule has 3 atom stereocenters. The van der Waals surface area contributed by atoms with Crippen molar-refractivity contribution >= 4 is 5.78 Å². The maximum Gasteiger partial charge on any atom is 0.166 e. The number of methoxy groups -OCH3 is 4. The van der Waals surface area contributed by atoms with Crippen molar-refractivity contribution < 1.29 is 23.7 Å². The summed E-state index contributed by atoms with van der Waals surface area (Å²) in [5.74, 6) is 2.74. The highest BCUT2D eigenvalue weighted by Gasteiger charge is 2.39. The number of ether oxygens (including phenoxy) is 4. The van der Waals surface area contributed by atoms with Crippen LogP contribution in [0.15, 0.2) is 30.3 Å². The minimum Gasteiger partial charge on any atom is -0.493 e. The van der Waals surface area contributed by atoms with Gasteiger partial charge in [0.05, 0.1) is 28.4 Å². The van der Waals surface area contributed by atoms with E-state index in [1.54, 1.807) is 34.5 Å². The zero-order valence-corrected chi connectivity index (χ0v) is 16.7. The van der Waals surface area contributed by atoms with Crippen LogP contribution in [0.25, 0.3) is 0 Å². The molecular formula is C22H26O5. The Labute approximate surface area is 160 Å². The summed E-state index contributed by atoms with van der Waals surface area (Å²) in [6.45, 7) is 4.10.